The molecule has 3 heterocycles. The molecule has 3 aromatic heterocycles. The lowest BCUT2D eigenvalue weighted by atomic mass is 10.1. The van der Waals surface area contributed by atoms with Gasteiger partial charge in [-0.05, 0) is 51.7 Å². The minimum Gasteiger partial charge on any atom is -0.465 e. The van der Waals surface area contributed by atoms with Crippen LogP contribution in [0.1, 0.15) is 65.0 Å². The maximum absolute atomic E-state index is 12.8. The van der Waals surface area contributed by atoms with Crippen LogP contribution in [0.4, 0.5) is 5.00 Å². The molecule has 7 nitrogen and oxygen atoms in total. The number of methoxy groups -OCH3 is 1. The molecule has 3 rings (SSSR count). The van der Waals surface area contributed by atoms with Gasteiger partial charge in [0.1, 0.15) is 5.00 Å². The number of amides is 1. The monoisotopic (exact) mass is 506 g/mol. The summed E-state index contributed by atoms with van der Waals surface area (Å²) in [6.45, 7) is 12.4. The van der Waals surface area contributed by atoms with Crippen LogP contribution in [-0.2, 0) is 22.4 Å². The number of hydrogen-bond donors (Lipinski definition) is 1. The summed E-state index contributed by atoms with van der Waals surface area (Å²) in [5, 5.41) is 15.1. The lowest BCUT2D eigenvalue weighted by Gasteiger charge is -2.14. The minimum atomic E-state index is -0.430. The van der Waals surface area contributed by atoms with E-state index in [1.807, 2.05) is 13.8 Å². The third-order valence-electron chi connectivity index (χ3n) is 5.42. The van der Waals surface area contributed by atoms with Crippen LogP contribution in [0.5, 0.6) is 0 Å². The largest absolute Gasteiger partial charge is 0.465 e. The summed E-state index contributed by atoms with van der Waals surface area (Å²) in [4.78, 5) is 27.4. The highest BCUT2D eigenvalue weighted by molar-refractivity contribution is 7.99. The average Bonchev–Trinajstić information content (AvgIpc) is 3.45. The van der Waals surface area contributed by atoms with E-state index in [9.17, 15) is 9.59 Å². The smallest absolute Gasteiger partial charge is 0.341 e. The van der Waals surface area contributed by atoms with Crippen LogP contribution in [0.25, 0.3) is 11.4 Å². The molecule has 10 heteroatoms. The molecule has 0 bridgehead atoms. The molecule has 0 aliphatic carbocycles. The Bertz CT molecular complexity index is 1160. The number of hydrogen-bond acceptors (Lipinski definition) is 8. The first-order valence-electron chi connectivity index (χ1n) is 10.9. The maximum Gasteiger partial charge on any atom is 0.341 e. The number of carbonyl (C=O) groups is 2. The summed E-state index contributed by atoms with van der Waals surface area (Å²) >= 11 is 4.47. The van der Waals surface area contributed by atoms with Crippen LogP contribution in [0.15, 0.2) is 10.5 Å². The zero-order valence-electron chi connectivity index (χ0n) is 20.1. The van der Waals surface area contributed by atoms with Gasteiger partial charge in [-0.3, -0.25) is 9.36 Å². The van der Waals surface area contributed by atoms with E-state index in [1.165, 1.54) is 40.6 Å². The Morgan fingerprint density at radius 2 is 1.85 bits per heavy atom. The third kappa shape index (κ3) is 5.17. The Kier molecular flexibility index (Phi) is 8.36. The van der Waals surface area contributed by atoms with Crippen molar-refractivity contribution in [2.45, 2.75) is 65.6 Å². The van der Waals surface area contributed by atoms with Crippen molar-refractivity contribution in [3.05, 3.63) is 31.8 Å². The molecule has 0 aromatic carbocycles. The third-order valence-corrected chi connectivity index (χ3v) is 8.38. The van der Waals surface area contributed by atoms with Gasteiger partial charge in [0.25, 0.3) is 0 Å². The van der Waals surface area contributed by atoms with Crippen LogP contribution < -0.4 is 5.32 Å². The molecule has 0 aliphatic rings. The van der Waals surface area contributed by atoms with E-state index in [0.29, 0.717) is 22.1 Å². The lowest BCUT2D eigenvalue weighted by molar-refractivity contribution is -0.113. The van der Waals surface area contributed by atoms with Gasteiger partial charge in [-0.2, -0.15) is 0 Å². The molecule has 0 atom stereocenters. The zero-order valence-corrected chi connectivity index (χ0v) is 22.5. The van der Waals surface area contributed by atoms with Gasteiger partial charge in [-0.1, -0.05) is 25.6 Å². The number of thiophene rings is 2. The normalized spacial score (nSPS) is 11.3. The minimum absolute atomic E-state index is 0.142. The van der Waals surface area contributed by atoms with Crippen LogP contribution >= 0.6 is 34.4 Å². The molecule has 1 N–H and O–H groups in total. The summed E-state index contributed by atoms with van der Waals surface area (Å²) in [5.74, 6) is 0.368. The molecule has 0 radical (unpaired) electrons. The Morgan fingerprint density at radius 1 is 1.15 bits per heavy atom. The fourth-order valence-corrected chi connectivity index (χ4v) is 6.79. The second kappa shape index (κ2) is 10.8. The highest BCUT2D eigenvalue weighted by Crippen LogP contribution is 2.36. The van der Waals surface area contributed by atoms with E-state index in [4.69, 9.17) is 4.74 Å². The Morgan fingerprint density at radius 3 is 2.45 bits per heavy atom. The number of aryl methyl sites for hydroxylation is 2. The highest BCUT2D eigenvalue weighted by atomic mass is 32.2. The molecule has 0 aliphatic heterocycles. The first-order valence-corrected chi connectivity index (χ1v) is 13.6. The number of rotatable bonds is 9. The van der Waals surface area contributed by atoms with Crippen molar-refractivity contribution in [1.29, 1.82) is 0 Å². The quantitative estimate of drug-likeness (QED) is 0.287. The Balaban J connectivity index is 1.81. The van der Waals surface area contributed by atoms with E-state index >= 15 is 0 Å². The molecule has 33 heavy (non-hydrogen) atoms. The van der Waals surface area contributed by atoms with Gasteiger partial charge < -0.3 is 10.1 Å². The number of nitrogens with one attached hydrogen (secondary N) is 1. The van der Waals surface area contributed by atoms with Gasteiger partial charge in [0, 0.05) is 26.7 Å². The summed E-state index contributed by atoms with van der Waals surface area (Å²) < 4.78 is 7.03. The van der Waals surface area contributed by atoms with Crippen LogP contribution in [0.2, 0.25) is 0 Å². The van der Waals surface area contributed by atoms with E-state index in [2.05, 4.69) is 53.2 Å². The predicted octanol–water partition coefficient (Wildman–Crippen LogP) is 5.91. The molecular formula is C23H30N4O3S3. The number of aromatic nitrogens is 3. The predicted molar refractivity (Wildman–Crippen MR) is 137 cm³/mol. The first-order chi connectivity index (χ1) is 15.7. The molecule has 178 valence electrons. The van der Waals surface area contributed by atoms with E-state index in [1.54, 1.807) is 11.3 Å². The summed E-state index contributed by atoms with van der Waals surface area (Å²) in [5.41, 5.74) is 3.77. The van der Waals surface area contributed by atoms with Crippen LogP contribution in [-0.4, -0.2) is 39.5 Å². The number of anilines is 1. The molecule has 0 saturated carbocycles. The number of esters is 1. The van der Waals surface area contributed by atoms with Crippen molar-refractivity contribution in [3.63, 3.8) is 0 Å². The number of carbonyl (C=O) groups excluding carboxylic acids is 2. The Labute approximate surface area is 207 Å². The van der Waals surface area contributed by atoms with Crippen molar-refractivity contribution in [2.24, 2.45) is 0 Å². The van der Waals surface area contributed by atoms with Gasteiger partial charge >= 0.3 is 5.97 Å². The molecular weight excluding hydrogens is 476 g/mol. The summed E-state index contributed by atoms with van der Waals surface area (Å²) in [6, 6.07) is 0.142. The second-order valence-electron chi connectivity index (χ2n) is 7.83. The standard InChI is InChI=1S/C23H30N4O3S3/c1-8-15-13(5)31-10-17(15)20-25-26-23(27(20)12(3)4)32-11-18(28)24-21-19(22(29)30-7)16(9-2)14(6)33-21/h10,12H,8-9,11H2,1-7H3,(H,24,28). The maximum atomic E-state index is 12.8. The molecule has 0 spiro atoms. The number of ether oxygens (including phenoxy) is 1. The van der Waals surface area contributed by atoms with Crippen molar-refractivity contribution < 1.29 is 14.3 Å². The number of thioether (sulfide) groups is 1. The molecule has 1 amide bonds. The highest BCUT2D eigenvalue weighted by Gasteiger charge is 2.24. The molecule has 0 fully saturated rings. The van der Waals surface area contributed by atoms with Crippen molar-refractivity contribution in [3.8, 4) is 11.4 Å². The SMILES string of the molecule is CCc1c(-c2nnc(SCC(=O)Nc3sc(C)c(CC)c3C(=O)OC)n2C(C)C)csc1C. The topological polar surface area (TPSA) is 86.1 Å². The second-order valence-corrected chi connectivity index (χ2v) is 11.1. The van der Waals surface area contributed by atoms with Gasteiger partial charge in [0.2, 0.25) is 5.91 Å². The summed E-state index contributed by atoms with van der Waals surface area (Å²) in [6.07, 6.45) is 1.63. The van der Waals surface area contributed by atoms with Crippen LogP contribution in [0, 0.1) is 13.8 Å². The summed E-state index contributed by atoms with van der Waals surface area (Å²) in [7, 11) is 1.35. The first kappa shape index (κ1) is 25.5. The Hall–Kier alpha value is -2.17. The fourth-order valence-electron chi connectivity index (χ4n) is 3.83. The van der Waals surface area contributed by atoms with Crippen LogP contribution in [0.3, 0.4) is 0 Å². The average molecular weight is 507 g/mol. The van der Waals surface area contributed by atoms with E-state index in [0.717, 1.165) is 28.2 Å². The van der Waals surface area contributed by atoms with E-state index < -0.39 is 5.97 Å². The zero-order chi connectivity index (χ0) is 24.3. The van der Waals surface area contributed by atoms with Gasteiger partial charge in [0.15, 0.2) is 11.0 Å². The van der Waals surface area contributed by atoms with Crippen molar-refractivity contribution >= 4 is 51.3 Å². The van der Waals surface area contributed by atoms with E-state index in [-0.39, 0.29) is 17.7 Å². The van der Waals surface area contributed by atoms with Crippen molar-refractivity contribution in [1.82, 2.24) is 14.8 Å². The van der Waals surface area contributed by atoms with Gasteiger partial charge in [-0.25, -0.2) is 4.79 Å². The molecule has 0 saturated heterocycles. The molecule has 3 aromatic rings. The van der Waals surface area contributed by atoms with Gasteiger partial charge in [0.05, 0.1) is 18.4 Å². The fraction of sp³-hybridized carbons (Fsp3) is 0.478. The van der Waals surface area contributed by atoms with Crippen molar-refractivity contribution in [2.75, 3.05) is 18.2 Å². The lowest BCUT2D eigenvalue weighted by Crippen LogP contribution is -2.17. The molecule has 0 unspecified atom stereocenters. The number of nitrogens with zero attached hydrogens (tertiary/aromatic N) is 3. The van der Waals surface area contributed by atoms with Gasteiger partial charge in [-0.15, -0.1) is 32.9 Å².